The molecule has 3 heterocycles. The number of carbonyl (C=O) groups is 1. The number of fused-ring (bicyclic) bond motifs is 1. The van der Waals surface area contributed by atoms with Crippen molar-refractivity contribution in [2.45, 2.75) is 47.0 Å². The van der Waals surface area contributed by atoms with E-state index in [2.05, 4.69) is 10.1 Å². The Labute approximate surface area is 163 Å². The summed E-state index contributed by atoms with van der Waals surface area (Å²) < 4.78 is 7.62. The SMILES string of the molecule is CCn1ncc2c(-c3cncc(C)c3)c(C=CC(=O)O)c(COC(C)C)nc21. The summed E-state index contributed by atoms with van der Waals surface area (Å²) in [7, 11) is 0. The largest absolute Gasteiger partial charge is 0.478 e. The van der Waals surface area contributed by atoms with Crippen LogP contribution in [0.15, 0.2) is 30.7 Å². The number of aryl methyl sites for hydroxylation is 2. The highest BCUT2D eigenvalue weighted by Crippen LogP contribution is 2.34. The molecule has 7 nitrogen and oxygen atoms in total. The first-order valence-electron chi connectivity index (χ1n) is 9.23. The van der Waals surface area contributed by atoms with Crippen LogP contribution in [0.1, 0.15) is 37.6 Å². The second kappa shape index (κ2) is 8.31. The first kappa shape index (κ1) is 19.7. The Morgan fingerprint density at radius 2 is 2.11 bits per heavy atom. The summed E-state index contributed by atoms with van der Waals surface area (Å²) in [5, 5.41) is 14.5. The molecule has 3 aromatic rings. The van der Waals surface area contributed by atoms with Gasteiger partial charge in [0.05, 0.1) is 24.6 Å². The molecule has 0 spiro atoms. The summed E-state index contributed by atoms with van der Waals surface area (Å²) >= 11 is 0. The average molecular weight is 380 g/mol. The number of ether oxygens (including phenoxy) is 1. The molecule has 7 heteroatoms. The van der Waals surface area contributed by atoms with Gasteiger partial charge in [0.15, 0.2) is 5.65 Å². The van der Waals surface area contributed by atoms with E-state index < -0.39 is 5.97 Å². The van der Waals surface area contributed by atoms with Crippen LogP contribution < -0.4 is 0 Å². The number of nitrogens with zero attached hydrogens (tertiary/aromatic N) is 4. The third-order valence-electron chi connectivity index (χ3n) is 4.31. The number of pyridine rings is 2. The summed E-state index contributed by atoms with van der Waals surface area (Å²) in [5.41, 5.74) is 4.89. The number of hydrogen-bond donors (Lipinski definition) is 1. The highest BCUT2D eigenvalue weighted by atomic mass is 16.5. The van der Waals surface area contributed by atoms with Gasteiger partial charge in [-0.25, -0.2) is 14.5 Å². The fourth-order valence-corrected chi connectivity index (χ4v) is 3.07. The van der Waals surface area contributed by atoms with Crippen molar-refractivity contribution < 1.29 is 14.6 Å². The molecule has 3 rings (SSSR count). The van der Waals surface area contributed by atoms with Crippen molar-refractivity contribution >= 4 is 23.1 Å². The molecule has 0 amide bonds. The molecule has 0 saturated carbocycles. The smallest absolute Gasteiger partial charge is 0.328 e. The standard InChI is InChI=1S/C21H24N4O3/c1-5-25-21-17(11-23-25)20(15-8-14(4)9-22-10-15)16(6-7-19(26)27)18(24-21)12-28-13(2)3/h6-11,13H,5,12H2,1-4H3,(H,26,27). The van der Waals surface area contributed by atoms with Crippen molar-refractivity contribution in [2.24, 2.45) is 0 Å². The van der Waals surface area contributed by atoms with E-state index >= 15 is 0 Å². The van der Waals surface area contributed by atoms with E-state index in [0.717, 1.165) is 33.8 Å². The first-order chi connectivity index (χ1) is 13.4. The summed E-state index contributed by atoms with van der Waals surface area (Å²) in [5.74, 6) is -1.02. The maximum absolute atomic E-state index is 11.2. The van der Waals surface area contributed by atoms with Gasteiger partial charge in [-0.1, -0.05) is 0 Å². The van der Waals surface area contributed by atoms with Crippen molar-refractivity contribution in [1.82, 2.24) is 19.7 Å². The van der Waals surface area contributed by atoms with Crippen molar-refractivity contribution in [2.75, 3.05) is 0 Å². The minimum Gasteiger partial charge on any atom is -0.478 e. The zero-order chi connectivity index (χ0) is 20.3. The molecular formula is C21H24N4O3. The van der Waals surface area contributed by atoms with Crippen LogP contribution in [-0.2, 0) is 22.7 Å². The van der Waals surface area contributed by atoms with Gasteiger partial charge in [0.25, 0.3) is 0 Å². The van der Waals surface area contributed by atoms with Crippen LogP contribution >= 0.6 is 0 Å². The number of aromatic nitrogens is 4. The fraction of sp³-hybridized carbons (Fsp3) is 0.333. The Bertz CT molecular complexity index is 1040. The van der Waals surface area contributed by atoms with Gasteiger partial charge in [-0.05, 0) is 45.4 Å². The van der Waals surface area contributed by atoms with Gasteiger partial charge in [0.1, 0.15) is 0 Å². The molecule has 146 valence electrons. The molecule has 0 aliphatic heterocycles. The van der Waals surface area contributed by atoms with Crippen molar-refractivity contribution in [3.63, 3.8) is 0 Å². The van der Waals surface area contributed by atoms with Gasteiger partial charge in [0.2, 0.25) is 0 Å². The van der Waals surface area contributed by atoms with Crippen LogP contribution in [-0.4, -0.2) is 36.9 Å². The quantitative estimate of drug-likeness (QED) is 0.626. The van der Waals surface area contributed by atoms with Gasteiger partial charge < -0.3 is 9.84 Å². The summed E-state index contributed by atoms with van der Waals surface area (Å²) in [6, 6.07) is 2.02. The Balaban J connectivity index is 2.35. The summed E-state index contributed by atoms with van der Waals surface area (Å²) in [4.78, 5) is 20.3. The molecule has 1 N–H and O–H groups in total. The number of carboxylic acids is 1. The minimum absolute atomic E-state index is 0.0222. The molecule has 0 bridgehead atoms. The molecule has 28 heavy (non-hydrogen) atoms. The average Bonchev–Trinajstić information content (AvgIpc) is 3.06. The molecule has 0 fully saturated rings. The maximum Gasteiger partial charge on any atom is 0.328 e. The molecule has 0 aromatic carbocycles. The highest BCUT2D eigenvalue weighted by molar-refractivity contribution is 5.99. The van der Waals surface area contributed by atoms with E-state index in [0.29, 0.717) is 17.8 Å². The van der Waals surface area contributed by atoms with Crippen LogP contribution in [0.3, 0.4) is 0 Å². The molecule has 0 unspecified atom stereocenters. The Kier molecular flexibility index (Phi) is 5.84. The number of carboxylic acid groups (broad SMARTS) is 1. The topological polar surface area (TPSA) is 90.1 Å². The molecule has 0 aliphatic rings. The third-order valence-corrected chi connectivity index (χ3v) is 4.31. The lowest BCUT2D eigenvalue weighted by Crippen LogP contribution is -2.08. The van der Waals surface area contributed by atoms with Crippen LogP contribution in [0.2, 0.25) is 0 Å². The van der Waals surface area contributed by atoms with Crippen LogP contribution in [0, 0.1) is 6.92 Å². The zero-order valence-corrected chi connectivity index (χ0v) is 16.5. The van der Waals surface area contributed by atoms with Gasteiger partial charge in [-0.15, -0.1) is 0 Å². The van der Waals surface area contributed by atoms with Crippen LogP contribution in [0.25, 0.3) is 28.2 Å². The number of rotatable bonds is 7. The first-order valence-corrected chi connectivity index (χ1v) is 9.23. The van der Waals surface area contributed by atoms with E-state index in [1.165, 1.54) is 0 Å². The van der Waals surface area contributed by atoms with Crippen molar-refractivity contribution in [3.8, 4) is 11.1 Å². The lowest BCUT2D eigenvalue weighted by atomic mass is 9.96. The van der Waals surface area contributed by atoms with Gasteiger partial charge in [0, 0.05) is 47.1 Å². The Morgan fingerprint density at radius 1 is 1.32 bits per heavy atom. The molecular weight excluding hydrogens is 356 g/mol. The minimum atomic E-state index is -1.02. The third kappa shape index (κ3) is 4.09. The predicted octanol–water partition coefficient (Wildman–Crippen LogP) is 3.84. The van der Waals surface area contributed by atoms with Gasteiger partial charge in [-0.2, -0.15) is 5.10 Å². The maximum atomic E-state index is 11.2. The fourth-order valence-electron chi connectivity index (χ4n) is 3.07. The van der Waals surface area contributed by atoms with E-state index in [1.807, 2.05) is 38.4 Å². The normalized spacial score (nSPS) is 11.8. The Hall–Kier alpha value is -3.06. The second-order valence-electron chi connectivity index (χ2n) is 6.83. The molecule has 0 aliphatic carbocycles. The molecule has 0 radical (unpaired) electrons. The monoisotopic (exact) mass is 380 g/mol. The zero-order valence-electron chi connectivity index (χ0n) is 16.5. The van der Waals surface area contributed by atoms with E-state index in [9.17, 15) is 9.90 Å². The molecule has 0 saturated heterocycles. The van der Waals surface area contributed by atoms with Crippen LogP contribution in [0.4, 0.5) is 0 Å². The van der Waals surface area contributed by atoms with Gasteiger partial charge >= 0.3 is 5.97 Å². The molecule has 3 aromatic heterocycles. The van der Waals surface area contributed by atoms with Crippen molar-refractivity contribution in [3.05, 3.63) is 47.6 Å². The number of hydrogen-bond acceptors (Lipinski definition) is 5. The van der Waals surface area contributed by atoms with E-state index in [1.54, 1.807) is 24.7 Å². The van der Waals surface area contributed by atoms with Gasteiger partial charge in [-0.3, -0.25) is 4.98 Å². The number of aliphatic carboxylic acids is 1. The predicted molar refractivity (Wildman–Crippen MR) is 108 cm³/mol. The van der Waals surface area contributed by atoms with E-state index in [4.69, 9.17) is 9.72 Å². The van der Waals surface area contributed by atoms with E-state index in [-0.39, 0.29) is 12.7 Å². The van der Waals surface area contributed by atoms with Crippen molar-refractivity contribution in [1.29, 1.82) is 0 Å². The molecule has 0 atom stereocenters. The lowest BCUT2D eigenvalue weighted by Gasteiger charge is -2.15. The summed E-state index contributed by atoms with van der Waals surface area (Å²) in [6.07, 6.45) is 8.06. The highest BCUT2D eigenvalue weighted by Gasteiger charge is 2.19. The summed E-state index contributed by atoms with van der Waals surface area (Å²) in [6.45, 7) is 8.83. The van der Waals surface area contributed by atoms with Crippen LogP contribution in [0.5, 0.6) is 0 Å². The Morgan fingerprint density at radius 3 is 2.75 bits per heavy atom. The second-order valence-corrected chi connectivity index (χ2v) is 6.83. The lowest BCUT2D eigenvalue weighted by molar-refractivity contribution is -0.131.